The summed E-state index contributed by atoms with van der Waals surface area (Å²) in [5, 5.41) is 9.28. The Morgan fingerprint density at radius 3 is 2.65 bits per heavy atom. The molecule has 3 nitrogen and oxygen atoms in total. The number of rotatable bonds is 5. The van der Waals surface area contributed by atoms with Gasteiger partial charge in [-0.15, -0.1) is 0 Å². The lowest BCUT2D eigenvalue weighted by Gasteiger charge is -2.13. The zero-order chi connectivity index (χ0) is 14.2. The van der Waals surface area contributed by atoms with Gasteiger partial charge < -0.3 is 10.6 Å². The number of nitrogens with one attached hydrogen (secondary N) is 2. The quantitative estimate of drug-likeness (QED) is 0.496. The van der Waals surface area contributed by atoms with E-state index >= 15 is 0 Å². The summed E-state index contributed by atoms with van der Waals surface area (Å²) in [6, 6.07) is 14.9. The minimum absolute atomic E-state index is 0.785. The lowest BCUT2D eigenvalue weighted by Crippen LogP contribution is -2.37. The van der Waals surface area contributed by atoms with Gasteiger partial charge in [0.05, 0.1) is 0 Å². The van der Waals surface area contributed by atoms with Gasteiger partial charge in [-0.3, -0.25) is 4.99 Å². The normalized spacial score (nSPS) is 11.6. The molecular weight excluding hydrogens is 246 g/mol. The summed E-state index contributed by atoms with van der Waals surface area (Å²) in [7, 11) is 1.81. The molecule has 0 aliphatic rings. The van der Waals surface area contributed by atoms with Crippen molar-refractivity contribution >= 4 is 16.7 Å². The average molecular weight is 269 g/mol. The first-order valence-electron chi connectivity index (χ1n) is 7.26. The van der Waals surface area contributed by atoms with E-state index in [9.17, 15) is 0 Å². The molecule has 2 rings (SSSR count). The van der Waals surface area contributed by atoms with E-state index in [1.807, 2.05) is 7.05 Å². The van der Waals surface area contributed by atoms with Crippen molar-refractivity contribution in [2.24, 2.45) is 4.99 Å². The standard InChI is InChI=1S/C17H23N3/c1-3-4-12-19-17(18-2)20-13-15-10-7-9-14-8-5-6-11-16(14)15/h5-11H,3-4,12-13H2,1-2H3,(H2,18,19,20). The fraction of sp³-hybridized carbons (Fsp3) is 0.353. The molecule has 0 aliphatic heterocycles. The second-order valence-electron chi connectivity index (χ2n) is 4.84. The maximum Gasteiger partial charge on any atom is 0.191 e. The van der Waals surface area contributed by atoms with E-state index in [4.69, 9.17) is 0 Å². The highest BCUT2D eigenvalue weighted by atomic mass is 15.2. The Morgan fingerprint density at radius 2 is 1.85 bits per heavy atom. The van der Waals surface area contributed by atoms with Crippen molar-refractivity contribution in [3.05, 3.63) is 48.0 Å². The number of aliphatic imine (C=N–C) groups is 1. The minimum Gasteiger partial charge on any atom is -0.356 e. The van der Waals surface area contributed by atoms with Crippen LogP contribution in [0, 0.1) is 0 Å². The van der Waals surface area contributed by atoms with Crippen molar-refractivity contribution in [3.63, 3.8) is 0 Å². The molecule has 0 spiro atoms. The Labute approximate surface area is 121 Å². The molecule has 2 N–H and O–H groups in total. The lowest BCUT2D eigenvalue weighted by atomic mass is 10.0. The van der Waals surface area contributed by atoms with Crippen molar-refractivity contribution in [1.82, 2.24) is 10.6 Å². The molecule has 0 atom stereocenters. The summed E-state index contributed by atoms with van der Waals surface area (Å²) in [4.78, 5) is 4.25. The van der Waals surface area contributed by atoms with Crippen LogP contribution < -0.4 is 10.6 Å². The first-order chi connectivity index (χ1) is 9.85. The molecule has 2 aromatic rings. The minimum atomic E-state index is 0.785. The van der Waals surface area contributed by atoms with E-state index in [1.54, 1.807) is 0 Å². The SMILES string of the molecule is CCCCNC(=NC)NCc1cccc2ccccc12. The first-order valence-corrected chi connectivity index (χ1v) is 7.26. The van der Waals surface area contributed by atoms with Gasteiger partial charge in [0.15, 0.2) is 5.96 Å². The highest BCUT2D eigenvalue weighted by Gasteiger charge is 2.01. The fourth-order valence-electron chi connectivity index (χ4n) is 2.23. The van der Waals surface area contributed by atoms with Crippen molar-refractivity contribution < 1.29 is 0 Å². The molecule has 0 bridgehead atoms. The Bertz CT molecular complexity index is 570. The molecule has 0 radical (unpaired) electrons. The number of guanidine groups is 1. The number of fused-ring (bicyclic) bond motifs is 1. The maximum absolute atomic E-state index is 4.25. The molecule has 0 aromatic heterocycles. The van der Waals surface area contributed by atoms with Crippen LogP contribution >= 0.6 is 0 Å². The van der Waals surface area contributed by atoms with E-state index in [1.165, 1.54) is 22.8 Å². The van der Waals surface area contributed by atoms with Crippen LogP contribution in [0.2, 0.25) is 0 Å². The van der Waals surface area contributed by atoms with Gasteiger partial charge in [-0.2, -0.15) is 0 Å². The summed E-state index contributed by atoms with van der Waals surface area (Å²) >= 11 is 0. The van der Waals surface area contributed by atoms with Gasteiger partial charge in [0.2, 0.25) is 0 Å². The molecule has 0 saturated carbocycles. The highest BCUT2D eigenvalue weighted by Crippen LogP contribution is 2.18. The van der Waals surface area contributed by atoms with Crippen LogP contribution in [0.3, 0.4) is 0 Å². The number of benzene rings is 2. The van der Waals surface area contributed by atoms with Gasteiger partial charge >= 0.3 is 0 Å². The third-order valence-corrected chi connectivity index (χ3v) is 3.37. The van der Waals surface area contributed by atoms with E-state index < -0.39 is 0 Å². The Hall–Kier alpha value is -2.03. The van der Waals surface area contributed by atoms with Crippen molar-refractivity contribution in [1.29, 1.82) is 0 Å². The van der Waals surface area contributed by atoms with Crippen molar-refractivity contribution in [2.45, 2.75) is 26.3 Å². The second kappa shape index (κ2) is 7.53. The van der Waals surface area contributed by atoms with Crippen LogP contribution in [0.25, 0.3) is 10.8 Å². The van der Waals surface area contributed by atoms with Gasteiger partial charge in [-0.25, -0.2) is 0 Å². The zero-order valence-electron chi connectivity index (χ0n) is 12.3. The second-order valence-corrected chi connectivity index (χ2v) is 4.84. The molecule has 0 unspecified atom stereocenters. The Balaban J connectivity index is 2.01. The molecule has 0 amide bonds. The van der Waals surface area contributed by atoms with Gasteiger partial charge in [0.25, 0.3) is 0 Å². The number of unbranched alkanes of at least 4 members (excludes halogenated alkanes) is 1. The molecule has 0 saturated heterocycles. The number of hydrogen-bond donors (Lipinski definition) is 2. The highest BCUT2D eigenvalue weighted by molar-refractivity contribution is 5.86. The van der Waals surface area contributed by atoms with Crippen LogP contribution in [0.5, 0.6) is 0 Å². The largest absolute Gasteiger partial charge is 0.356 e. The van der Waals surface area contributed by atoms with Crippen LogP contribution in [0.15, 0.2) is 47.5 Å². The monoisotopic (exact) mass is 269 g/mol. The van der Waals surface area contributed by atoms with Crippen LogP contribution in [-0.2, 0) is 6.54 Å². The van der Waals surface area contributed by atoms with Crippen LogP contribution in [0.4, 0.5) is 0 Å². The van der Waals surface area contributed by atoms with Gasteiger partial charge in [-0.1, -0.05) is 55.8 Å². The summed E-state index contributed by atoms with van der Waals surface area (Å²) < 4.78 is 0. The third kappa shape index (κ3) is 3.73. The fourth-order valence-corrected chi connectivity index (χ4v) is 2.23. The predicted molar refractivity (Wildman–Crippen MR) is 87.1 cm³/mol. The third-order valence-electron chi connectivity index (χ3n) is 3.37. The summed E-state index contributed by atoms with van der Waals surface area (Å²) in [5.74, 6) is 0.867. The smallest absolute Gasteiger partial charge is 0.191 e. The predicted octanol–water partition coefficient (Wildman–Crippen LogP) is 3.30. The van der Waals surface area contributed by atoms with E-state index in [0.29, 0.717) is 0 Å². The van der Waals surface area contributed by atoms with Gasteiger partial charge in [-0.05, 0) is 22.8 Å². The van der Waals surface area contributed by atoms with E-state index in [2.05, 4.69) is 65.0 Å². The van der Waals surface area contributed by atoms with Crippen LogP contribution in [-0.4, -0.2) is 19.6 Å². The number of nitrogens with zero attached hydrogens (tertiary/aromatic N) is 1. The first kappa shape index (κ1) is 14.4. The summed E-state index contributed by atoms with van der Waals surface area (Å²) in [5.41, 5.74) is 1.29. The number of hydrogen-bond acceptors (Lipinski definition) is 1. The zero-order valence-corrected chi connectivity index (χ0v) is 12.3. The molecule has 20 heavy (non-hydrogen) atoms. The van der Waals surface area contributed by atoms with Crippen molar-refractivity contribution in [3.8, 4) is 0 Å². The summed E-state index contributed by atoms with van der Waals surface area (Å²) in [6.07, 6.45) is 2.35. The van der Waals surface area contributed by atoms with Gasteiger partial charge in [0.1, 0.15) is 0 Å². The molecule has 0 heterocycles. The van der Waals surface area contributed by atoms with Crippen LogP contribution in [0.1, 0.15) is 25.3 Å². The Morgan fingerprint density at radius 1 is 1.05 bits per heavy atom. The van der Waals surface area contributed by atoms with E-state index in [0.717, 1.165) is 25.5 Å². The molecule has 2 aromatic carbocycles. The Kier molecular flexibility index (Phi) is 5.42. The lowest BCUT2D eigenvalue weighted by molar-refractivity contribution is 0.729. The average Bonchev–Trinajstić information content (AvgIpc) is 2.50. The van der Waals surface area contributed by atoms with E-state index in [-0.39, 0.29) is 0 Å². The van der Waals surface area contributed by atoms with Crippen molar-refractivity contribution in [2.75, 3.05) is 13.6 Å². The topological polar surface area (TPSA) is 36.4 Å². The molecule has 106 valence electrons. The molecular formula is C17H23N3. The summed E-state index contributed by atoms with van der Waals surface area (Å²) in [6.45, 7) is 3.94. The molecule has 0 fully saturated rings. The molecule has 0 aliphatic carbocycles. The molecule has 3 heteroatoms. The maximum atomic E-state index is 4.25. The van der Waals surface area contributed by atoms with Gasteiger partial charge in [0, 0.05) is 20.1 Å².